The molecule has 0 radical (unpaired) electrons. The van der Waals surface area contributed by atoms with Crippen molar-refractivity contribution in [3.63, 3.8) is 0 Å². The van der Waals surface area contributed by atoms with Crippen LogP contribution in [0.3, 0.4) is 0 Å². The van der Waals surface area contributed by atoms with Crippen molar-refractivity contribution in [3.8, 4) is 5.75 Å². The van der Waals surface area contributed by atoms with Crippen molar-refractivity contribution in [2.45, 2.75) is 6.92 Å². The first kappa shape index (κ1) is 19.7. The summed E-state index contributed by atoms with van der Waals surface area (Å²) in [5.74, 6) is -3.25. The van der Waals surface area contributed by atoms with Gasteiger partial charge in [-0.25, -0.2) is 15.1 Å². The number of nitrogens with zero attached hydrogens (tertiary/aromatic N) is 2. The molecule has 0 bridgehead atoms. The lowest BCUT2D eigenvalue weighted by molar-refractivity contribution is -0.131. The summed E-state index contributed by atoms with van der Waals surface area (Å²) >= 11 is 0. The number of imide groups is 2. The highest BCUT2D eigenvalue weighted by Crippen LogP contribution is 2.30. The molecule has 0 unspecified atom stereocenters. The molecule has 0 aromatic heterocycles. The number of rotatable bonds is 5. The number of anilines is 1. The van der Waals surface area contributed by atoms with E-state index in [0.717, 1.165) is 16.7 Å². The third kappa shape index (κ3) is 4.13. The van der Waals surface area contributed by atoms with E-state index in [2.05, 4.69) is 15.8 Å². The first-order chi connectivity index (χ1) is 13.9. The van der Waals surface area contributed by atoms with E-state index in [1.807, 2.05) is 6.92 Å². The first-order valence-corrected chi connectivity index (χ1v) is 8.64. The van der Waals surface area contributed by atoms with Gasteiger partial charge in [-0.05, 0) is 31.2 Å². The van der Waals surface area contributed by atoms with Crippen LogP contribution < -0.4 is 20.4 Å². The lowest BCUT2D eigenvalue weighted by Gasteiger charge is -2.29. The lowest BCUT2D eigenvalue weighted by Crippen LogP contribution is -2.58. The molecule has 1 aliphatic rings. The summed E-state index contributed by atoms with van der Waals surface area (Å²) < 4.78 is 5.18. The predicted octanol–water partition coefficient (Wildman–Crippen LogP) is 1.62. The van der Waals surface area contributed by atoms with Gasteiger partial charge in [0.05, 0.1) is 12.8 Å². The highest BCUT2D eigenvalue weighted by atomic mass is 16.5. The Hall–Kier alpha value is -4.01. The molecule has 0 aliphatic carbocycles. The maximum absolute atomic E-state index is 12.8. The van der Waals surface area contributed by atoms with Crippen LogP contribution in [0.5, 0.6) is 5.75 Å². The zero-order valence-corrected chi connectivity index (χ0v) is 15.7. The maximum Gasteiger partial charge on any atom is 0.335 e. The van der Waals surface area contributed by atoms with Gasteiger partial charge in [0, 0.05) is 11.8 Å². The lowest BCUT2D eigenvalue weighted by atomic mass is 10.1. The molecule has 2 aromatic rings. The van der Waals surface area contributed by atoms with Gasteiger partial charge >= 0.3 is 6.03 Å². The van der Waals surface area contributed by atoms with Crippen LogP contribution in [-0.4, -0.2) is 37.1 Å². The number of hydrogen-bond donors (Lipinski definition) is 2. The molecule has 1 saturated heterocycles. The van der Waals surface area contributed by atoms with E-state index in [1.165, 1.54) is 13.2 Å². The number of hydrogen-bond acceptors (Lipinski definition) is 6. The zero-order chi connectivity index (χ0) is 21.0. The molecule has 2 aromatic carbocycles. The summed E-state index contributed by atoms with van der Waals surface area (Å²) in [5.41, 5.74) is 3.82. The molecule has 29 heavy (non-hydrogen) atoms. The number of urea groups is 1. The highest BCUT2D eigenvalue weighted by Gasteiger charge is 2.41. The minimum absolute atomic E-state index is 0.187. The van der Waals surface area contributed by atoms with Crippen molar-refractivity contribution < 1.29 is 23.9 Å². The Morgan fingerprint density at radius 2 is 1.83 bits per heavy atom. The van der Waals surface area contributed by atoms with Gasteiger partial charge in [0.25, 0.3) is 11.8 Å². The van der Waals surface area contributed by atoms with Crippen molar-refractivity contribution in [2.24, 2.45) is 11.0 Å². The highest BCUT2D eigenvalue weighted by molar-refractivity contribution is 6.32. The second-order valence-electron chi connectivity index (χ2n) is 6.20. The van der Waals surface area contributed by atoms with E-state index < -0.39 is 29.7 Å². The van der Waals surface area contributed by atoms with Gasteiger partial charge in [-0.15, -0.1) is 0 Å². The van der Waals surface area contributed by atoms with Gasteiger partial charge in [0.2, 0.25) is 5.91 Å². The summed E-state index contributed by atoms with van der Waals surface area (Å²) in [6.07, 6.45) is 0.985. The Kier molecular flexibility index (Phi) is 5.68. The number of benzene rings is 2. The predicted molar refractivity (Wildman–Crippen MR) is 105 cm³/mol. The maximum atomic E-state index is 12.8. The SMILES string of the molecule is COc1ccccc1N1C(=O)NC(=O)[C@@H](/C=N\NC(=O)c2ccc(C)cc2)C1=O. The number of carbonyl (C=O) groups excluding carboxylic acids is 4. The molecule has 148 valence electrons. The van der Waals surface area contributed by atoms with Gasteiger partial charge in [-0.3, -0.25) is 19.7 Å². The molecule has 0 spiro atoms. The first-order valence-electron chi connectivity index (χ1n) is 8.64. The van der Waals surface area contributed by atoms with Gasteiger partial charge in [-0.1, -0.05) is 29.8 Å². The van der Waals surface area contributed by atoms with E-state index in [4.69, 9.17) is 4.74 Å². The Morgan fingerprint density at radius 1 is 1.14 bits per heavy atom. The molecule has 1 atom stereocenters. The molecule has 0 saturated carbocycles. The minimum Gasteiger partial charge on any atom is -0.495 e. The number of hydrazone groups is 1. The van der Waals surface area contributed by atoms with Crippen LogP contribution in [0.25, 0.3) is 0 Å². The van der Waals surface area contributed by atoms with Crippen LogP contribution in [0.2, 0.25) is 0 Å². The van der Waals surface area contributed by atoms with Gasteiger partial charge in [-0.2, -0.15) is 5.10 Å². The van der Waals surface area contributed by atoms with Crippen LogP contribution in [0, 0.1) is 12.8 Å². The smallest absolute Gasteiger partial charge is 0.335 e. The van der Waals surface area contributed by atoms with E-state index in [0.29, 0.717) is 5.56 Å². The Morgan fingerprint density at radius 3 is 2.52 bits per heavy atom. The van der Waals surface area contributed by atoms with Gasteiger partial charge in [0.1, 0.15) is 5.75 Å². The van der Waals surface area contributed by atoms with Crippen molar-refractivity contribution in [3.05, 3.63) is 59.7 Å². The molecule has 9 heteroatoms. The molecule has 3 rings (SSSR count). The average Bonchev–Trinajstić information content (AvgIpc) is 2.71. The van der Waals surface area contributed by atoms with E-state index in [1.54, 1.807) is 42.5 Å². The zero-order valence-electron chi connectivity index (χ0n) is 15.7. The quantitative estimate of drug-likeness (QED) is 0.454. The molecule has 1 fully saturated rings. The van der Waals surface area contributed by atoms with Crippen LogP contribution >= 0.6 is 0 Å². The van der Waals surface area contributed by atoms with Crippen LogP contribution in [0.4, 0.5) is 10.5 Å². The number of barbiturate groups is 1. The van der Waals surface area contributed by atoms with Crippen LogP contribution in [0.1, 0.15) is 15.9 Å². The fraction of sp³-hybridized carbons (Fsp3) is 0.150. The third-order valence-electron chi connectivity index (χ3n) is 4.23. The molecule has 1 heterocycles. The summed E-state index contributed by atoms with van der Waals surface area (Å²) in [7, 11) is 1.40. The molecular formula is C20H18N4O5. The fourth-order valence-corrected chi connectivity index (χ4v) is 2.70. The minimum atomic E-state index is -1.39. The third-order valence-corrected chi connectivity index (χ3v) is 4.23. The molecule has 9 nitrogen and oxygen atoms in total. The molecule has 5 amide bonds. The number of ether oxygens (including phenoxy) is 1. The molecular weight excluding hydrogens is 376 g/mol. The van der Waals surface area contributed by atoms with Crippen LogP contribution in [0.15, 0.2) is 53.6 Å². The van der Waals surface area contributed by atoms with Crippen molar-refractivity contribution in [2.75, 3.05) is 12.0 Å². The van der Waals surface area contributed by atoms with Crippen LogP contribution in [-0.2, 0) is 9.59 Å². The molecule has 2 N–H and O–H groups in total. The second kappa shape index (κ2) is 8.34. The number of para-hydroxylation sites is 2. The number of aryl methyl sites for hydroxylation is 1. The second-order valence-corrected chi connectivity index (χ2v) is 6.20. The van der Waals surface area contributed by atoms with E-state index in [-0.39, 0.29) is 11.4 Å². The number of carbonyl (C=O) groups is 4. The summed E-state index contributed by atoms with van der Waals surface area (Å²) in [4.78, 5) is 50.0. The summed E-state index contributed by atoms with van der Waals surface area (Å²) in [5, 5.41) is 5.82. The Balaban J connectivity index is 1.78. The topological polar surface area (TPSA) is 117 Å². The standard InChI is InChI=1S/C20H18N4O5/c1-12-7-9-13(10-8-12)17(25)23-21-11-14-18(26)22-20(28)24(19(14)27)15-5-3-4-6-16(15)29-2/h3-11,14H,1-2H3,(H,23,25)(H,22,26,28)/b21-11-/t14-/m1/s1. The average molecular weight is 394 g/mol. The van der Waals surface area contributed by atoms with Crippen molar-refractivity contribution in [1.29, 1.82) is 0 Å². The molecule has 1 aliphatic heterocycles. The van der Waals surface area contributed by atoms with Crippen molar-refractivity contribution >= 4 is 35.7 Å². The largest absolute Gasteiger partial charge is 0.495 e. The van der Waals surface area contributed by atoms with E-state index in [9.17, 15) is 19.2 Å². The van der Waals surface area contributed by atoms with Gasteiger partial charge < -0.3 is 4.74 Å². The number of methoxy groups -OCH3 is 1. The van der Waals surface area contributed by atoms with Crippen molar-refractivity contribution in [1.82, 2.24) is 10.7 Å². The summed E-state index contributed by atoms with van der Waals surface area (Å²) in [6, 6.07) is 12.3. The number of amides is 5. The monoisotopic (exact) mass is 394 g/mol. The van der Waals surface area contributed by atoms with Gasteiger partial charge in [0.15, 0.2) is 5.92 Å². The number of nitrogens with one attached hydrogen (secondary N) is 2. The fourth-order valence-electron chi connectivity index (χ4n) is 2.70. The summed E-state index contributed by atoms with van der Waals surface area (Å²) in [6.45, 7) is 1.89. The Bertz CT molecular complexity index is 1000. The Labute approximate surface area is 166 Å². The van der Waals surface area contributed by atoms with E-state index >= 15 is 0 Å². The normalized spacial score (nSPS) is 16.7.